The Balaban J connectivity index is 1.78. The zero-order valence-corrected chi connectivity index (χ0v) is 11.4. The predicted octanol–water partition coefficient (Wildman–Crippen LogP) is 3.80. The molecule has 1 saturated carbocycles. The number of benzene rings is 1. The smallest absolute Gasteiger partial charge is 0.120 e. The van der Waals surface area contributed by atoms with E-state index in [0.29, 0.717) is 6.10 Å². The fourth-order valence-corrected chi connectivity index (χ4v) is 2.74. The third-order valence-corrected chi connectivity index (χ3v) is 3.80. The summed E-state index contributed by atoms with van der Waals surface area (Å²) in [6.45, 7) is 0. The normalized spacial score (nSPS) is 16.5. The van der Waals surface area contributed by atoms with Crippen molar-refractivity contribution in [3.05, 3.63) is 36.8 Å². The molecule has 1 aliphatic rings. The van der Waals surface area contributed by atoms with Gasteiger partial charge in [-0.3, -0.25) is 0 Å². The Bertz CT molecular complexity index is 541. The standard InChI is InChI=1S/C16H20N2O/c1-18-12-17-11-16(18)13-6-5-9-15(10-13)19-14-7-3-2-4-8-14/h5-6,9-12,14H,2-4,7-8H2,1H3. The van der Waals surface area contributed by atoms with Gasteiger partial charge in [0.1, 0.15) is 5.75 Å². The van der Waals surface area contributed by atoms with Crippen LogP contribution < -0.4 is 4.74 Å². The van der Waals surface area contributed by atoms with Crippen LogP contribution in [0.15, 0.2) is 36.8 Å². The third-order valence-electron chi connectivity index (χ3n) is 3.80. The number of aryl methyl sites for hydroxylation is 1. The van der Waals surface area contributed by atoms with Crippen LogP contribution >= 0.6 is 0 Å². The fraction of sp³-hybridized carbons (Fsp3) is 0.438. The van der Waals surface area contributed by atoms with Crippen LogP contribution in [-0.4, -0.2) is 15.7 Å². The van der Waals surface area contributed by atoms with E-state index in [4.69, 9.17) is 4.74 Å². The quantitative estimate of drug-likeness (QED) is 0.835. The van der Waals surface area contributed by atoms with Gasteiger partial charge in [0, 0.05) is 12.6 Å². The van der Waals surface area contributed by atoms with Crippen molar-refractivity contribution in [2.24, 2.45) is 7.05 Å². The van der Waals surface area contributed by atoms with Gasteiger partial charge in [0.05, 0.1) is 24.3 Å². The first kappa shape index (κ1) is 12.3. The van der Waals surface area contributed by atoms with Gasteiger partial charge >= 0.3 is 0 Å². The molecule has 1 heterocycles. The Labute approximate surface area is 114 Å². The lowest BCUT2D eigenvalue weighted by atomic mass is 9.98. The van der Waals surface area contributed by atoms with E-state index in [0.717, 1.165) is 17.0 Å². The number of imidazole rings is 1. The summed E-state index contributed by atoms with van der Waals surface area (Å²) < 4.78 is 8.13. The molecule has 0 atom stereocenters. The first-order chi connectivity index (χ1) is 9.33. The lowest BCUT2D eigenvalue weighted by Gasteiger charge is -2.23. The number of hydrogen-bond donors (Lipinski definition) is 0. The predicted molar refractivity (Wildman–Crippen MR) is 76.1 cm³/mol. The Morgan fingerprint density at radius 2 is 2.05 bits per heavy atom. The maximum absolute atomic E-state index is 6.10. The molecule has 0 saturated heterocycles. The highest BCUT2D eigenvalue weighted by Crippen LogP contribution is 2.27. The second-order valence-corrected chi connectivity index (χ2v) is 5.30. The Morgan fingerprint density at radius 3 is 2.79 bits per heavy atom. The number of hydrogen-bond acceptors (Lipinski definition) is 2. The van der Waals surface area contributed by atoms with E-state index in [1.54, 1.807) is 0 Å². The molecule has 1 fully saturated rings. The van der Waals surface area contributed by atoms with Crippen molar-refractivity contribution < 1.29 is 4.74 Å². The Hall–Kier alpha value is -1.77. The van der Waals surface area contributed by atoms with E-state index in [2.05, 4.69) is 29.2 Å². The molecule has 1 aromatic heterocycles. The fourth-order valence-electron chi connectivity index (χ4n) is 2.74. The average molecular weight is 256 g/mol. The van der Waals surface area contributed by atoms with Crippen molar-refractivity contribution in [2.75, 3.05) is 0 Å². The largest absolute Gasteiger partial charge is 0.490 e. The van der Waals surface area contributed by atoms with Crippen LogP contribution in [0.3, 0.4) is 0 Å². The lowest BCUT2D eigenvalue weighted by Crippen LogP contribution is -2.19. The Morgan fingerprint density at radius 1 is 1.21 bits per heavy atom. The van der Waals surface area contributed by atoms with Crippen LogP contribution in [0.5, 0.6) is 5.75 Å². The molecule has 0 bridgehead atoms. The molecule has 1 aliphatic carbocycles. The molecule has 3 nitrogen and oxygen atoms in total. The summed E-state index contributed by atoms with van der Waals surface area (Å²) in [6, 6.07) is 8.32. The van der Waals surface area contributed by atoms with Gasteiger partial charge in [-0.2, -0.15) is 0 Å². The Kier molecular flexibility index (Phi) is 3.53. The van der Waals surface area contributed by atoms with Crippen molar-refractivity contribution in [1.82, 2.24) is 9.55 Å². The van der Waals surface area contributed by atoms with Crippen molar-refractivity contribution in [3.8, 4) is 17.0 Å². The van der Waals surface area contributed by atoms with E-state index in [1.807, 2.05) is 24.1 Å². The van der Waals surface area contributed by atoms with Gasteiger partial charge in [-0.15, -0.1) is 0 Å². The van der Waals surface area contributed by atoms with E-state index < -0.39 is 0 Å². The molecule has 2 aromatic rings. The molecule has 1 aromatic carbocycles. The molecule has 0 N–H and O–H groups in total. The second kappa shape index (κ2) is 5.47. The highest BCUT2D eigenvalue weighted by Gasteiger charge is 2.15. The number of aromatic nitrogens is 2. The van der Waals surface area contributed by atoms with Crippen LogP contribution in [-0.2, 0) is 7.05 Å². The molecule has 19 heavy (non-hydrogen) atoms. The first-order valence-electron chi connectivity index (χ1n) is 7.06. The topological polar surface area (TPSA) is 27.1 Å². The summed E-state index contributed by atoms with van der Waals surface area (Å²) in [7, 11) is 2.01. The van der Waals surface area contributed by atoms with Crippen LogP contribution in [0.25, 0.3) is 11.3 Å². The monoisotopic (exact) mass is 256 g/mol. The van der Waals surface area contributed by atoms with Gasteiger partial charge in [-0.1, -0.05) is 18.6 Å². The summed E-state index contributed by atoms with van der Waals surface area (Å²) in [5.74, 6) is 0.977. The molecular weight excluding hydrogens is 236 g/mol. The maximum atomic E-state index is 6.10. The number of ether oxygens (including phenoxy) is 1. The molecule has 3 rings (SSSR count). The molecule has 0 aliphatic heterocycles. The number of rotatable bonds is 3. The SMILES string of the molecule is Cn1cncc1-c1cccc(OC2CCCCC2)c1. The van der Waals surface area contributed by atoms with Crippen LogP contribution in [0, 0.1) is 0 Å². The van der Waals surface area contributed by atoms with Gasteiger partial charge in [-0.25, -0.2) is 4.98 Å². The minimum absolute atomic E-state index is 0.399. The van der Waals surface area contributed by atoms with Gasteiger partial charge in [0.2, 0.25) is 0 Å². The highest BCUT2D eigenvalue weighted by molar-refractivity contribution is 5.60. The molecule has 0 spiro atoms. The van der Waals surface area contributed by atoms with Gasteiger partial charge in [0.25, 0.3) is 0 Å². The summed E-state index contributed by atoms with van der Waals surface area (Å²) in [6.07, 6.45) is 10.4. The number of nitrogens with zero attached hydrogens (tertiary/aromatic N) is 2. The third kappa shape index (κ3) is 2.80. The van der Waals surface area contributed by atoms with Crippen LogP contribution in [0.1, 0.15) is 32.1 Å². The summed E-state index contributed by atoms with van der Waals surface area (Å²) in [5.41, 5.74) is 2.28. The van der Waals surface area contributed by atoms with Gasteiger partial charge < -0.3 is 9.30 Å². The summed E-state index contributed by atoms with van der Waals surface area (Å²) >= 11 is 0. The molecule has 100 valence electrons. The minimum Gasteiger partial charge on any atom is -0.490 e. The maximum Gasteiger partial charge on any atom is 0.120 e. The van der Waals surface area contributed by atoms with Crippen molar-refractivity contribution in [1.29, 1.82) is 0 Å². The summed E-state index contributed by atoms with van der Waals surface area (Å²) in [5, 5.41) is 0. The zero-order valence-electron chi connectivity index (χ0n) is 11.4. The lowest BCUT2D eigenvalue weighted by molar-refractivity contribution is 0.155. The summed E-state index contributed by atoms with van der Waals surface area (Å²) in [4.78, 5) is 4.17. The zero-order chi connectivity index (χ0) is 13.1. The van der Waals surface area contributed by atoms with Crippen molar-refractivity contribution in [3.63, 3.8) is 0 Å². The van der Waals surface area contributed by atoms with Gasteiger partial charge in [-0.05, 0) is 37.8 Å². The minimum atomic E-state index is 0.399. The average Bonchev–Trinajstić information content (AvgIpc) is 2.86. The first-order valence-corrected chi connectivity index (χ1v) is 7.06. The molecular formula is C16H20N2O. The van der Waals surface area contributed by atoms with E-state index in [9.17, 15) is 0 Å². The van der Waals surface area contributed by atoms with Crippen LogP contribution in [0.2, 0.25) is 0 Å². The molecule has 3 heteroatoms. The van der Waals surface area contributed by atoms with E-state index >= 15 is 0 Å². The molecule has 0 radical (unpaired) electrons. The van der Waals surface area contributed by atoms with Crippen LogP contribution in [0.4, 0.5) is 0 Å². The molecule has 0 unspecified atom stereocenters. The van der Waals surface area contributed by atoms with Crippen molar-refractivity contribution >= 4 is 0 Å². The van der Waals surface area contributed by atoms with Crippen molar-refractivity contribution in [2.45, 2.75) is 38.2 Å². The van der Waals surface area contributed by atoms with Gasteiger partial charge in [0.15, 0.2) is 0 Å². The van der Waals surface area contributed by atoms with E-state index in [-0.39, 0.29) is 0 Å². The van der Waals surface area contributed by atoms with E-state index in [1.165, 1.54) is 32.1 Å². The highest BCUT2D eigenvalue weighted by atomic mass is 16.5. The molecule has 0 amide bonds. The second-order valence-electron chi connectivity index (χ2n) is 5.30.